The number of carbonyl (C=O) groups is 1. The Morgan fingerprint density at radius 3 is 2.70 bits per heavy atom. The molecule has 0 radical (unpaired) electrons. The second kappa shape index (κ2) is 7.82. The van der Waals surface area contributed by atoms with Gasteiger partial charge in [-0.3, -0.25) is 4.79 Å². The number of amides is 1. The van der Waals surface area contributed by atoms with Crippen molar-refractivity contribution in [1.82, 2.24) is 0 Å². The Balaban J connectivity index is 1.63. The maximum atomic E-state index is 13.1. The van der Waals surface area contributed by atoms with Gasteiger partial charge in [0.1, 0.15) is 11.5 Å². The molecule has 0 spiro atoms. The summed E-state index contributed by atoms with van der Waals surface area (Å²) in [5.41, 5.74) is 1.74. The summed E-state index contributed by atoms with van der Waals surface area (Å²) >= 11 is 6.15. The molecule has 1 aliphatic rings. The number of fused-ring (bicyclic) bond motifs is 1. The van der Waals surface area contributed by atoms with Gasteiger partial charge in [0.15, 0.2) is 11.5 Å². The average Bonchev–Trinajstić information content (AvgIpc) is 3.00. The third-order valence-corrected chi connectivity index (χ3v) is 5.59. The lowest BCUT2D eigenvalue weighted by molar-refractivity contribution is 0.0910. The van der Waals surface area contributed by atoms with Crippen LogP contribution in [0.4, 0.5) is 5.69 Å². The Kier molecular flexibility index (Phi) is 5.35. The quantitative estimate of drug-likeness (QED) is 0.515. The smallest absolute Gasteiger partial charge is 0.291 e. The van der Waals surface area contributed by atoms with Gasteiger partial charge in [0.05, 0.1) is 11.8 Å². The normalized spacial score (nSPS) is 17.3. The van der Waals surface area contributed by atoms with E-state index in [-0.39, 0.29) is 11.2 Å². The summed E-state index contributed by atoms with van der Waals surface area (Å²) < 4.78 is 11.8. The first-order valence-electron chi connectivity index (χ1n) is 9.87. The van der Waals surface area contributed by atoms with E-state index in [1.165, 1.54) is 0 Å². The SMILES string of the molecule is Cc1c(C(=O)Nc2cc(Cl)ccc2Oc2ccccc2)oc2c1C(O)CC(C)(C)C2. The first-order valence-corrected chi connectivity index (χ1v) is 10.3. The summed E-state index contributed by atoms with van der Waals surface area (Å²) in [5.74, 6) is 1.57. The standard InChI is InChI=1S/C24H24ClNO4/c1-14-21-18(27)12-24(2,3)13-20(21)30-22(14)23(28)26-17-11-15(25)9-10-19(17)29-16-7-5-4-6-8-16/h4-11,18,27H,12-13H2,1-3H3,(H,26,28). The van der Waals surface area contributed by atoms with Gasteiger partial charge in [-0.1, -0.05) is 43.6 Å². The first kappa shape index (κ1) is 20.5. The van der Waals surface area contributed by atoms with Crippen molar-refractivity contribution < 1.29 is 19.1 Å². The van der Waals surface area contributed by atoms with Crippen molar-refractivity contribution in [3.63, 3.8) is 0 Å². The van der Waals surface area contributed by atoms with E-state index in [0.29, 0.717) is 46.4 Å². The van der Waals surface area contributed by atoms with E-state index in [0.717, 1.165) is 5.56 Å². The second-order valence-electron chi connectivity index (χ2n) is 8.46. The maximum Gasteiger partial charge on any atom is 0.291 e. The maximum absolute atomic E-state index is 13.1. The zero-order chi connectivity index (χ0) is 21.5. The van der Waals surface area contributed by atoms with E-state index in [1.54, 1.807) is 25.1 Å². The molecular weight excluding hydrogens is 402 g/mol. The number of anilines is 1. The molecule has 156 valence electrons. The number of nitrogens with one attached hydrogen (secondary N) is 1. The van der Waals surface area contributed by atoms with Crippen LogP contribution >= 0.6 is 11.6 Å². The van der Waals surface area contributed by atoms with E-state index >= 15 is 0 Å². The lowest BCUT2D eigenvalue weighted by Gasteiger charge is -2.31. The number of rotatable bonds is 4. The van der Waals surface area contributed by atoms with Gasteiger partial charge in [-0.15, -0.1) is 0 Å². The number of hydrogen-bond donors (Lipinski definition) is 2. The van der Waals surface area contributed by atoms with Crippen LogP contribution in [0.5, 0.6) is 11.5 Å². The third kappa shape index (κ3) is 4.09. The van der Waals surface area contributed by atoms with Crippen LogP contribution in [-0.4, -0.2) is 11.0 Å². The van der Waals surface area contributed by atoms with Crippen molar-refractivity contribution in [2.45, 2.75) is 39.7 Å². The summed E-state index contributed by atoms with van der Waals surface area (Å²) in [6, 6.07) is 14.3. The average molecular weight is 426 g/mol. The number of benzene rings is 2. The van der Waals surface area contributed by atoms with Gasteiger partial charge in [0.25, 0.3) is 5.91 Å². The van der Waals surface area contributed by atoms with Crippen LogP contribution in [0.2, 0.25) is 5.02 Å². The Hall–Kier alpha value is -2.76. The van der Waals surface area contributed by atoms with Gasteiger partial charge in [-0.25, -0.2) is 0 Å². The van der Waals surface area contributed by atoms with Crippen molar-refractivity contribution in [3.05, 3.63) is 76.2 Å². The molecule has 1 aliphatic carbocycles. The Morgan fingerprint density at radius 1 is 1.23 bits per heavy atom. The van der Waals surface area contributed by atoms with Gasteiger partial charge in [-0.05, 0) is 49.1 Å². The first-order chi connectivity index (χ1) is 14.2. The highest BCUT2D eigenvalue weighted by Gasteiger charge is 2.37. The molecule has 5 nitrogen and oxygen atoms in total. The summed E-state index contributed by atoms with van der Waals surface area (Å²) in [4.78, 5) is 13.1. The van der Waals surface area contributed by atoms with Gasteiger partial charge in [0.2, 0.25) is 0 Å². The molecule has 1 unspecified atom stereocenters. The van der Waals surface area contributed by atoms with Crippen molar-refractivity contribution in [3.8, 4) is 11.5 Å². The van der Waals surface area contributed by atoms with E-state index in [2.05, 4.69) is 19.2 Å². The van der Waals surface area contributed by atoms with Crippen LogP contribution in [-0.2, 0) is 6.42 Å². The van der Waals surface area contributed by atoms with Crippen molar-refractivity contribution in [1.29, 1.82) is 0 Å². The molecule has 0 saturated heterocycles. The van der Waals surface area contributed by atoms with Crippen LogP contribution in [0.3, 0.4) is 0 Å². The molecule has 3 aromatic rings. The van der Waals surface area contributed by atoms with Crippen molar-refractivity contribution in [2.75, 3.05) is 5.32 Å². The van der Waals surface area contributed by atoms with Crippen LogP contribution in [0.25, 0.3) is 0 Å². The molecule has 6 heteroatoms. The molecule has 0 fully saturated rings. The molecule has 1 amide bonds. The predicted octanol–water partition coefficient (Wildman–Crippen LogP) is 6.29. The zero-order valence-electron chi connectivity index (χ0n) is 17.2. The molecule has 2 aromatic carbocycles. The van der Waals surface area contributed by atoms with Gasteiger partial charge < -0.3 is 19.6 Å². The molecule has 0 saturated carbocycles. The topological polar surface area (TPSA) is 71.7 Å². The van der Waals surface area contributed by atoms with Crippen LogP contribution in [0.1, 0.15) is 53.8 Å². The molecule has 0 aliphatic heterocycles. The van der Waals surface area contributed by atoms with Gasteiger partial charge >= 0.3 is 0 Å². The number of hydrogen-bond acceptors (Lipinski definition) is 4. The van der Waals surface area contributed by atoms with Gasteiger partial charge in [-0.2, -0.15) is 0 Å². The second-order valence-corrected chi connectivity index (χ2v) is 8.90. The third-order valence-electron chi connectivity index (χ3n) is 5.36. The molecule has 2 N–H and O–H groups in total. The molecule has 4 rings (SSSR count). The zero-order valence-corrected chi connectivity index (χ0v) is 17.9. The molecule has 1 heterocycles. The summed E-state index contributed by atoms with van der Waals surface area (Å²) in [5, 5.41) is 13.9. The summed E-state index contributed by atoms with van der Waals surface area (Å²) in [6.45, 7) is 5.96. The Bertz CT molecular complexity index is 1090. The highest BCUT2D eigenvalue weighted by Crippen LogP contribution is 2.44. The highest BCUT2D eigenvalue weighted by molar-refractivity contribution is 6.31. The monoisotopic (exact) mass is 425 g/mol. The molecule has 0 bridgehead atoms. The van der Waals surface area contributed by atoms with E-state index in [1.807, 2.05) is 30.3 Å². The predicted molar refractivity (Wildman–Crippen MR) is 116 cm³/mol. The largest absolute Gasteiger partial charge is 0.455 e. The number of ether oxygens (including phenoxy) is 1. The molecule has 1 aromatic heterocycles. The number of aliphatic hydroxyl groups is 1. The number of para-hydroxylation sites is 1. The minimum atomic E-state index is -0.641. The highest BCUT2D eigenvalue weighted by atomic mass is 35.5. The fourth-order valence-corrected chi connectivity index (χ4v) is 4.16. The fraction of sp³-hybridized carbons (Fsp3) is 0.292. The summed E-state index contributed by atoms with van der Waals surface area (Å²) in [7, 11) is 0. The molecule has 30 heavy (non-hydrogen) atoms. The molecular formula is C24H24ClNO4. The fourth-order valence-electron chi connectivity index (χ4n) is 3.99. The van der Waals surface area contributed by atoms with Crippen LogP contribution in [0.15, 0.2) is 52.9 Å². The minimum absolute atomic E-state index is 0.0892. The molecule has 1 atom stereocenters. The number of aliphatic hydroxyl groups excluding tert-OH is 1. The number of furan rings is 1. The van der Waals surface area contributed by atoms with Crippen LogP contribution < -0.4 is 10.1 Å². The van der Waals surface area contributed by atoms with E-state index in [4.69, 9.17) is 20.8 Å². The number of carbonyl (C=O) groups excluding carboxylic acids is 1. The van der Waals surface area contributed by atoms with Crippen molar-refractivity contribution >= 4 is 23.2 Å². The van der Waals surface area contributed by atoms with Gasteiger partial charge in [0, 0.05) is 22.6 Å². The van der Waals surface area contributed by atoms with Crippen LogP contribution in [0, 0.1) is 12.3 Å². The minimum Gasteiger partial charge on any atom is -0.455 e. The summed E-state index contributed by atoms with van der Waals surface area (Å²) in [6.07, 6.45) is 0.662. The van der Waals surface area contributed by atoms with E-state index in [9.17, 15) is 9.90 Å². The van der Waals surface area contributed by atoms with E-state index < -0.39 is 12.0 Å². The number of halogens is 1. The van der Waals surface area contributed by atoms with Crippen molar-refractivity contribution in [2.24, 2.45) is 5.41 Å². The lowest BCUT2D eigenvalue weighted by Crippen LogP contribution is -2.24. The Labute approximate surface area is 180 Å². The lowest BCUT2D eigenvalue weighted by atomic mass is 9.75. The Morgan fingerprint density at radius 2 is 1.97 bits per heavy atom.